The summed E-state index contributed by atoms with van der Waals surface area (Å²) in [5.41, 5.74) is 0. The third-order valence-corrected chi connectivity index (χ3v) is 3.19. The first-order valence-electron chi connectivity index (χ1n) is 4.52. The van der Waals surface area contributed by atoms with Gasteiger partial charge in [-0.15, -0.1) is 24.0 Å². The Morgan fingerprint density at radius 3 is 2.54 bits per heavy atom. The van der Waals surface area contributed by atoms with E-state index in [1.54, 1.807) is 7.11 Å². The van der Waals surface area contributed by atoms with E-state index in [0.29, 0.717) is 29.9 Å². The lowest BCUT2D eigenvalue weighted by molar-refractivity contribution is -0.0137. The van der Waals surface area contributed by atoms with Crippen molar-refractivity contribution in [1.82, 2.24) is 5.32 Å². The molecule has 0 aromatic rings. The maximum atomic E-state index is 5.83. The minimum absolute atomic E-state index is 0. The van der Waals surface area contributed by atoms with Crippen molar-refractivity contribution in [1.29, 1.82) is 0 Å². The van der Waals surface area contributed by atoms with Crippen LogP contribution in [0.1, 0.15) is 13.8 Å². The van der Waals surface area contributed by atoms with E-state index in [1.165, 1.54) is 0 Å². The van der Waals surface area contributed by atoms with Crippen LogP contribution in [0.2, 0.25) is 0 Å². The van der Waals surface area contributed by atoms with E-state index in [0.717, 1.165) is 6.54 Å². The molecular formula is C9H19Cl2NO. The van der Waals surface area contributed by atoms with E-state index in [9.17, 15) is 0 Å². The first-order chi connectivity index (χ1) is 5.70. The second-order valence-electron chi connectivity index (χ2n) is 3.71. The molecule has 0 aliphatic carbocycles. The normalized spacial score (nSPS) is 39.7. The van der Waals surface area contributed by atoms with Crippen LogP contribution in [0, 0.1) is 11.8 Å². The van der Waals surface area contributed by atoms with Crippen LogP contribution in [-0.2, 0) is 4.74 Å². The monoisotopic (exact) mass is 227 g/mol. The Morgan fingerprint density at radius 2 is 2.08 bits per heavy atom. The lowest BCUT2D eigenvalue weighted by Crippen LogP contribution is -2.53. The highest BCUT2D eigenvalue weighted by Gasteiger charge is 2.33. The van der Waals surface area contributed by atoms with Gasteiger partial charge in [0.2, 0.25) is 0 Å². The van der Waals surface area contributed by atoms with Gasteiger partial charge in [0.15, 0.2) is 0 Å². The molecule has 80 valence electrons. The average Bonchev–Trinajstić information content (AvgIpc) is 2.06. The number of piperidine rings is 1. The Morgan fingerprint density at radius 1 is 1.46 bits per heavy atom. The zero-order chi connectivity index (χ0) is 9.14. The predicted octanol–water partition coefficient (Wildman–Crippen LogP) is 1.91. The van der Waals surface area contributed by atoms with Gasteiger partial charge in [0, 0.05) is 25.6 Å². The van der Waals surface area contributed by atoms with Gasteiger partial charge < -0.3 is 10.1 Å². The third-order valence-electron chi connectivity index (χ3n) is 2.85. The lowest BCUT2D eigenvalue weighted by atomic mass is 9.84. The van der Waals surface area contributed by atoms with Crippen LogP contribution in [0.15, 0.2) is 0 Å². The van der Waals surface area contributed by atoms with E-state index < -0.39 is 0 Å². The molecule has 0 saturated carbocycles. The molecule has 1 fully saturated rings. The van der Waals surface area contributed by atoms with E-state index >= 15 is 0 Å². The molecule has 0 aromatic carbocycles. The van der Waals surface area contributed by atoms with Crippen LogP contribution in [0.4, 0.5) is 0 Å². The summed E-state index contributed by atoms with van der Waals surface area (Å²) in [5, 5.41) is 3.42. The molecule has 1 saturated heterocycles. The average molecular weight is 228 g/mol. The second-order valence-corrected chi connectivity index (χ2v) is 4.01. The van der Waals surface area contributed by atoms with Gasteiger partial charge in [0.05, 0.1) is 6.10 Å². The fourth-order valence-electron chi connectivity index (χ4n) is 2.03. The summed E-state index contributed by atoms with van der Waals surface area (Å²) in [7, 11) is 1.79. The van der Waals surface area contributed by atoms with E-state index in [2.05, 4.69) is 19.2 Å². The third kappa shape index (κ3) is 2.98. The summed E-state index contributed by atoms with van der Waals surface area (Å²) in [5.74, 6) is 1.77. The van der Waals surface area contributed by atoms with Crippen LogP contribution >= 0.6 is 24.0 Å². The Balaban J connectivity index is 0.00000144. The molecule has 1 aliphatic rings. The van der Waals surface area contributed by atoms with Crippen molar-refractivity contribution >= 4 is 24.0 Å². The van der Waals surface area contributed by atoms with Crippen molar-refractivity contribution in [3.63, 3.8) is 0 Å². The number of halogens is 2. The molecule has 0 amide bonds. The highest BCUT2D eigenvalue weighted by Crippen LogP contribution is 2.24. The maximum Gasteiger partial charge on any atom is 0.0649 e. The molecule has 1 aliphatic heterocycles. The molecule has 1 N–H and O–H groups in total. The minimum atomic E-state index is 0. The van der Waals surface area contributed by atoms with Crippen molar-refractivity contribution in [3.05, 3.63) is 0 Å². The van der Waals surface area contributed by atoms with Gasteiger partial charge in [-0.2, -0.15) is 0 Å². The van der Waals surface area contributed by atoms with E-state index in [4.69, 9.17) is 16.3 Å². The number of nitrogens with one attached hydrogen (secondary N) is 1. The van der Waals surface area contributed by atoms with E-state index in [-0.39, 0.29) is 12.4 Å². The Labute approximate surface area is 91.8 Å². The molecule has 2 nitrogen and oxygen atoms in total. The fourth-order valence-corrected chi connectivity index (χ4v) is 2.42. The first kappa shape index (κ1) is 13.5. The van der Waals surface area contributed by atoms with Gasteiger partial charge >= 0.3 is 0 Å². The van der Waals surface area contributed by atoms with Crippen molar-refractivity contribution in [2.24, 2.45) is 11.8 Å². The van der Waals surface area contributed by atoms with Gasteiger partial charge in [-0.05, 0) is 11.8 Å². The standard InChI is InChI=1S/C9H18ClNO.ClH/c1-6-5-11-8(4-10)7(2)9(6)12-3;/h6-9,11H,4-5H2,1-3H3;1H. The quantitative estimate of drug-likeness (QED) is 0.729. The van der Waals surface area contributed by atoms with Crippen molar-refractivity contribution in [2.75, 3.05) is 19.5 Å². The molecule has 0 spiro atoms. The lowest BCUT2D eigenvalue weighted by Gasteiger charge is -2.39. The SMILES string of the molecule is COC1C(C)CNC(CCl)C1C.Cl. The zero-order valence-corrected chi connectivity index (χ0v) is 9.99. The number of ether oxygens (including phenoxy) is 1. The van der Waals surface area contributed by atoms with Gasteiger partial charge in [0.1, 0.15) is 0 Å². The number of hydrogen-bond acceptors (Lipinski definition) is 2. The van der Waals surface area contributed by atoms with Gasteiger partial charge in [-0.1, -0.05) is 13.8 Å². The number of rotatable bonds is 2. The second kappa shape index (κ2) is 6.07. The van der Waals surface area contributed by atoms with Crippen LogP contribution in [0.5, 0.6) is 0 Å². The maximum absolute atomic E-state index is 5.83. The molecule has 0 radical (unpaired) electrons. The summed E-state index contributed by atoms with van der Waals surface area (Å²) in [6.07, 6.45) is 0.356. The highest BCUT2D eigenvalue weighted by molar-refractivity contribution is 6.18. The molecule has 0 aromatic heterocycles. The Kier molecular flexibility index (Phi) is 6.31. The first-order valence-corrected chi connectivity index (χ1v) is 5.06. The minimum Gasteiger partial charge on any atom is -0.381 e. The molecule has 1 heterocycles. The molecule has 13 heavy (non-hydrogen) atoms. The smallest absolute Gasteiger partial charge is 0.0649 e. The molecule has 4 unspecified atom stereocenters. The molecular weight excluding hydrogens is 209 g/mol. The molecule has 4 atom stereocenters. The van der Waals surface area contributed by atoms with Crippen LogP contribution in [0.25, 0.3) is 0 Å². The number of methoxy groups -OCH3 is 1. The van der Waals surface area contributed by atoms with Crippen LogP contribution in [0.3, 0.4) is 0 Å². The van der Waals surface area contributed by atoms with Crippen LogP contribution < -0.4 is 5.32 Å². The van der Waals surface area contributed by atoms with Gasteiger partial charge in [-0.25, -0.2) is 0 Å². The molecule has 1 rings (SSSR count). The summed E-state index contributed by atoms with van der Waals surface area (Å²) in [6, 6.07) is 0.410. The Hall–Kier alpha value is 0.500. The van der Waals surface area contributed by atoms with Gasteiger partial charge in [0.25, 0.3) is 0 Å². The molecule has 0 bridgehead atoms. The fraction of sp³-hybridized carbons (Fsp3) is 1.00. The Bertz CT molecular complexity index is 146. The number of hydrogen-bond donors (Lipinski definition) is 1. The predicted molar refractivity (Wildman–Crippen MR) is 58.9 cm³/mol. The largest absolute Gasteiger partial charge is 0.381 e. The van der Waals surface area contributed by atoms with Crippen LogP contribution in [-0.4, -0.2) is 31.7 Å². The number of alkyl halides is 1. The summed E-state index contributed by atoms with van der Waals surface area (Å²) in [6.45, 7) is 5.42. The summed E-state index contributed by atoms with van der Waals surface area (Å²) < 4.78 is 5.45. The summed E-state index contributed by atoms with van der Waals surface area (Å²) >= 11 is 5.83. The van der Waals surface area contributed by atoms with Gasteiger partial charge in [-0.3, -0.25) is 0 Å². The summed E-state index contributed by atoms with van der Waals surface area (Å²) in [4.78, 5) is 0. The molecule has 4 heteroatoms. The van der Waals surface area contributed by atoms with Crippen molar-refractivity contribution in [3.8, 4) is 0 Å². The van der Waals surface area contributed by atoms with Crippen molar-refractivity contribution in [2.45, 2.75) is 26.0 Å². The topological polar surface area (TPSA) is 21.3 Å². The highest BCUT2D eigenvalue weighted by atomic mass is 35.5. The van der Waals surface area contributed by atoms with E-state index in [1.807, 2.05) is 0 Å². The van der Waals surface area contributed by atoms with Crippen molar-refractivity contribution < 1.29 is 4.74 Å². The zero-order valence-electron chi connectivity index (χ0n) is 8.42.